The van der Waals surface area contributed by atoms with Crippen molar-refractivity contribution in [2.75, 3.05) is 11.9 Å². The van der Waals surface area contributed by atoms with Gasteiger partial charge in [0.05, 0.1) is 10.6 Å². The number of allylic oxidation sites excluding steroid dienone is 2. The lowest BCUT2D eigenvalue weighted by Crippen LogP contribution is -2.49. The minimum Gasteiger partial charge on any atom is -0.361 e. The van der Waals surface area contributed by atoms with E-state index in [0.717, 1.165) is 55.9 Å². The van der Waals surface area contributed by atoms with E-state index in [9.17, 15) is 4.79 Å². The first-order chi connectivity index (χ1) is 17.4. The highest BCUT2D eigenvalue weighted by molar-refractivity contribution is 7.16. The Kier molecular flexibility index (Phi) is 5.94. The third-order valence-corrected chi connectivity index (χ3v) is 11.0. The zero-order chi connectivity index (χ0) is 24.9. The molecule has 2 amide bonds. The molecule has 7 heteroatoms. The number of hydrogen-bond donors (Lipinski definition) is 3. The molecular formula is C29H37N5OS. The number of hydrogen-bond acceptors (Lipinski definition) is 5. The van der Waals surface area contributed by atoms with E-state index in [2.05, 4.69) is 66.1 Å². The molecule has 6 nitrogen and oxygen atoms in total. The standard InChI is InChI=1S/C29H37N5OS/c1-28-16-13-23-25(36-27(32-23)31-17-14-18-6-4-3-5-7-18)22(28)9-8-19-20-10-11-24(33-34-26(30)35)29(20,2)15-12-21(19)28/h3-7,9,19-21H,8,10-17H2,1-2H3,(H,31,32)(H3,30,34,35)/b33-24+/t19-,20-,21-,28+,29-/m0/s1. The molecule has 0 saturated heterocycles. The van der Waals surface area contributed by atoms with Crippen molar-refractivity contribution >= 4 is 33.8 Å². The fraction of sp³-hybridized carbons (Fsp3) is 0.552. The summed E-state index contributed by atoms with van der Waals surface area (Å²) in [6.07, 6.45) is 11.5. The second kappa shape index (κ2) is 9.02. The minimum atomic E-state index is -0.572. The average Bonchev–Trinajstić information content (AvgIpc) is 3.43. The van der Waals surface area contributed by atoms with Crippen LogP contribution in [0.3, 0.4) is 0 Å². The molecule has 0 aliphatic heterocycles. The fourth-order valence-corrected chi connectivity index (χ4v) is 9.22. The van der Waals surface area contributed by atoms with Gasteiger partial charge in [-0.1, -0.05) is 61.6 Å². The lowest BCUT2D eigenvalue weighted by atomic mass is 9.48. The summed E-state index contributed by atoms with van der Waals surface area (Å²) < 4.78 is 0. The van der Waals surface area contributed by atoms with Gasteiger partial charge in [-0.05, 0) is 85.7 Å². The maximum atomic E-state index is 11.3. The van der Waals surface area contributed by atoms with Gasteiger partial charge in [0.15, 0.2) is 5.13 Å². The van der Waals surface area contributed by atoms with Gasteiger partial charge in [-0.2, -0.15) is 5.10 Å². The van der Waals surface area contributed by atoms with Crippen LogP contribution in [0.5, 0.6) is 0 Å². The highest BCUT2D eigenvalue weighted by Crippen LogP contribution is 2.65. The summed E-state index contributed by atoms with van der Waals surface area (Å²) in [5, 5.41) is 9.13. The molecule has 190 valence electrons. The van der Waals surface area contributed by atoms with Crippen LogP contribution in [0.2, 0.25) is 0 Å². The van der Waals surface area contributed by atoms with Gasteiger partial charge in [-0.15, -0.1) is 0 Å². The number of urea groups is 1. The van der Waals surface area contributed by atoms with Crippen molar-refractivity contribution in [1.82, 2.24) is 10.4 Å². The number of nitrogens with zero attached hydrogens (tertiary/aromatic N) is 2. The van der Waals surface area contributed by atoms with Crippen molar-refractivity contribution in [3.63, 3.8) is 0 Å². The molecule has 0 bridgehead atoms. The summed E-state index contributed by atoms with van der Waals surface area (Å²) in [6.45, 7) is 5.81. The topological polar surface area (TPSA) is 92.4 Å². The van der Waals surface area contributed by atoms with Crippen LogP contribution in [0.4, 0.5) is 9.93 Å². The lowest BCUT2D eigenvalue weighted by molar-refractivity contribution is 0.0116. The second-order valence-electron chi connectivity index (χ2n) is 11.6. The highest BCUT2D eigenvalue weighted by Gasteiger charge is 2.58. The number of anilines is 1. The molecule has 1 aromatic carbocycles. The Morgan fingerprint density at radius 1 is 1.14 bits per heavy atom. The quantitative estimate of drug-likeness (QED) is 0.437. The smallest absolute Gasteiger partial charge is 0.332 e. The van der Waals surface area contributed by atoms with E-state index < -0.39 is 6.03 Å². The first-order valence-electron chi connectivity index (χ1n) is 13.5. The average molecular weight is 504 g/mol. The predicted octanol–water partition coefficient (Wildman–Crippen LogP) is 6.00. The number of benzene rings is 1. The normalized spacial score (nSPS) is 33.7. The molecule has 4 aliphatic rings. The van der Waals surface area contributed by atoms with E-state index in [0.29, 0.717) is 17.8 Å². The number of rotatable bonds is 5. The maximum Gasteiger partial charge on any atom is 0.332 e. The molecule has 0 unspecified atom stereocenters. The fourth-order valence-electron chi connectivity index (χ4n) is 8.00. The Morgan fingerprint density at radius 2 is 1.94 bits per heavy atom. The monoisotopic (exact) mass is 503 g/mol. The molecule has 6 rings (SSSR count). The molecule has 4 N–H and O–H groups in total. The number of thiazole rings is 1. The van der Waals surface area contributed by atoms with Crippen LogP contribution >= 0.6 is 11.3 Å². The molecular weight excluding hydrogens is 466 g/mol. The van der Waals surface area contributed by atoms with Crippen LogP contribution in [0.15, 0.2) is 41.5 Å². The molecule has 36 heavy (non-hydrogen) atoms. The molecule has 2 aromatic rings. The summed E-state index contributed by atoms with van der Waals surface area (Å²) in [4.78, 5) is 17.7. The predicted molar refractivity (Wildman–Crippen MR) is 147 cm³/mol. The number of amides is 2. The molecule has 0 radical (unpaired) electrons. The molecule has 1 heterocycles. The van der Waals surface area contributed by atoms with E-state index >= 15 is 0 Å². The minimum absolute atomic E-state index is 0.0749. The summed E-state index contributed by atoms with van der Waals surface area (Å²) in [5.41, 5.74) is 13.5. The number of hydrazone groups is 1. The van der Waals surface area contributed by atoms with Gasteiger partial charge in [-0.25, -0.2) is 15.2 Å². The number of aromatic nitrogens is 1. The summed E-state index contributed by atoms with van der Waals surface area (Å²) in [7, 11) is 0. The number of primary amides is 1. The van der Waals surface area contributed by atoms with Crippen molar-refractivity contribution in [2.24, 2.45) is 39.4 Å². The van der Waals surface area contributed by atoms with Crippen LogP contribution < -0.4 is 16.5 Å². The zero-order valence-corrected chi connectivity index (χ0v) is 22.2. The number of nitrogens with two attached hydrogens (primary N) is 1. The third-order valence-electron chi connectivity index (χ3n) is 9.86. The van der Waals surface area contributed by atoms with Gasteiger partial charge < -0.3 is 11.1 Å². The molecule has 2 fully saturated rings. The van der Waals surface area contributed by atoms with E-state index in [1.54, 1.807) is 5.57 Å². The van der Waals surface area contributed by atoms with E-state index in [1.807, 2.05) is 11.3 Å². The Morgan fingerprint density at radius 3 is 2.75 bits per heavy atom. The van der Waals surface area contributed by atoms with Gasteiger partial charge in [0.2, 0.25) is 0 Å². The molecule has 5 atom stereocenters. The Bertz CT molecular complexity index is 1220. The summed E-state index contributed by atoms with van der Waals surface area (Å²) >= 11 is 1.86. The van der Waals surface area contributed by atoms with E-state index in [4.69, 9.17) is 10.7 Å². The largest absolute Gasteiger partial charge is 0.361 e. The summed E-state index contributed by atoms with van der Waals surface area (Å²) in [5.74, 6) is 2.00. The first kappa shape index (κ1) is 23.7. The van der Waals surface area contributed by atoms with Gasteiger partial charge >= 0.3 is 6.03 Å². The number of carbonyl (C=O) groups excluding carboxylic acids is 1. The van der Waals surface area contributed by atoms with Crippen LogP contribution in [-0.4, -0.2) is 23.3 Å². The van der Waals surface area contributed by atoms with Crippen molar-refractivity contribution in [3.8, 4) is 0 Å². The Hall–Kier alpha value is -2.67. The number of fused-ring (bicyclic) bond motifs is 7. The zero-order valence-electron chi connectivity index (χ0n) is 21.3. The van der Waals surface area contributed by atoms with Gasteiger partial charge in [0.25, 0.3) is 0 Å². The molecule has 4 aliphatic carbocycles. The van der Waals surface area contributed by atoms with Crippen LogP contribution in [-0.2, 0) is 12.8 Å². The Balaban J connectivity index is 1.21. The Labute approximate surface area is 217 Å². The van der Waals surface area contributed by atoms with Crippen molar-refractivity contribution in [1.29, 1.82) is 0 Å². The molecule has 2 saturated carbocycles. The SMILES string of the molecule is C[C@]12CCc3nc(NCCc4ccccc4)sc3C1=CC[C@@H]1[C@@H]2CC[C@]2(C)/C(=N/NC(N)=O)CC[C@@H]12. The van der Waals surface area contributed by atoms with Crippen molar-refractivity contribution < 1.29 is 4.79 Å². The number of carbonyl (C=O) groups is 1. The first-order valence-corrected chi connectivity index (χ1v) is 14.3. The van der Waals surface area contributed by atoms with Crippen molar-refractivity contribution in [2.45, 2.75) is 65.2 Å². The lowest BCUT2D eigenvalue weighted by Gasteiger charge is -2.56. The van der Waals surface area contributed by atoms with Gasteiger partial charge in [-0.3, -0.25) is 0 Å². The van der Waals surface area contributed by atoms with E-state index in [1.165, 1.54) is 29.0 Å². The van der Waals surface area contributed by atoms with Gasteiger partial charge in [0.1, 0.15) is 0 Å². The van der Waals surface area contributed by atoms with Gasteiger partial charge in [0, 0.05) is 17.7 Å². The summed E-state index contributed by atoms with van der Waals surface area (Å²) in [6, 6.07) is 10.1. The number of nitrogens with one attached hydrogen (secondary N) is 2. The van der Waals surface area contributed by atoms with Crippen molar-refractivity contribution in [3.05, 3.63) is 52.5 Å². The number of aryl methyl sites for hydroxylation is 1. The van der Waals surface area contributed by atoms with Crippen LogP contribution in [0.25, 0.3) is 5.57 Å². The molecule has 0 spiro atoms. The maximum absolute atomic E-state index is 11.3. The molecule has 1 aromatic heterocycles. The third kappa shape index (κ3) is 3.87. The second-order valence-corrected chi connectivity index (χ2v) is 12.6. The van der Waals surface area contributed by atoms with Crippen LogP contribution in [0.1, 0.15) is 68.5 Å². The van der Waals surface area contributed by atoms with E-state index in [-0.39, 0.29) is 10.8 Å². The van der Waals surface area contributed by atoms with Crippen LogP contribution in [0, 0.1) is 28.6 Å². The highest BCUT2D eigenvalue weighted by atomic mass is 32.1.